The molecule has 1 aliphatic heterocycles. The maximum Gasteiger partial charge on any atom is 0.230 e. The lowest BCUT2D eigenvalue weighted by Crippen LogP contribution is -2.37. The Labute approximate surface area is 118 Å². The van der Waals surface area contributed by atoms with Crippen LogP contribution in [0.2, 0.25) is 0 Å². The van der Waals surface area contributed by atoms with Crippen molar-refractivity contribution in [1.82, 2.24) is 10.3 Å². The minimum Gasteiger partial charge on any atom is -0.316 e. The Morgan fingerprint density at radius 3 is 2.94 bits per heavy atom. The monoisotopic (exact) mass is 289 g/mol. The number of hydrogen-bond acceptors (Lipinski definition) is 4. The first-order chi connectivity index (χ1) is 8.20. The number of anilines is 1. The van der Waals surface area contributed by atoms with E-state index in [1.54, 1.807) is 11.3 Å². The molecule has 0 radical (unpaired) electrons. The third kappa shape index (κ3) is 3.67. The van der Waals surface area contributed by atoms with Crippen LogP contribution in [0, 0.1) is 12.8 Å². The van der Waals surface area contributed by atoms with Crippen LogP contribution in [0.3, 0.4) is 0 Å². The molecule has 102 valence electrons. The smallest absolute Gasteiger partial charge is 0.230 e. The quantitative estimate of drug-likeness (QED) is 0.898. The van der Waals surface area contributed by atoms with Gasteiger partial charge in [-0.2, -0.15) is 0 Å². The summed E-state index contributed by atoms with van der Waals surface area (Å²) in [6.45, 7) is 5.95. The Balaban J connectivity index is 0.00000162. The summed E-state index contributed by atoms with van der Waals surface area (Å²) in [4.78, 5) is 17.6. The highest BCUT2D eigenvalue weighted by Gasteiger charge is 2.21. The molecule has 1 aromatic heterocycles. The third-order valence-corrected chi connectivity index (χ3v) is 4.05. The van der Waals surface area contributed by atoms with E-state index in [4.69, 9.17) is 0 Å². The van der Waals surface area contributed by atoms with Gasteiger partial charge < -0.3 is 10.6 Å². The molecule has 2 heterocycles. The van der Waals surface area contributed by atoms with E-state index in [9.17, 15) is 4.79 Å². The normalized spacial score (nSPS) is 19.1. The molecule has 0 aromatic carbocycles. The van der Waals surface area contributed by atoms with Gasteiger partial charge in [-0.1, -0.05) is 6.92 Å². The number of aryl methyl sites for hydroxylation is 2. The summed E-state index contributed by atoms with van der Waals surface area (Å²) in [6.07, 6.45) is 2.97. The third-order valence-electron chi connectivity index (χ3n) is 3.13. The van der Waals surface area contributed by atoms with E-state index in [2.05, 4.69) is 22.5 Å². The van der Waals surface area contributed by atoms with Crippen molar-refractivity contribution in [2.45, 2.75) is 33.1 Å². The minimum absolute atomic E-state index is 0. The maximum atomic E-state index is 12.0. The zero-order chi connectivity index (χ0) is 12.3. The van der Waals surface area contributed by atoms with Crippen LogP contribution >= 0.6 is 23.7 Å². The van der Waals surface area contributed by atoms with Crippen LogP contribution in [-0.4, -0.2) is 24.0 Å². The molecule has 2 rings (SSSR count). The number of hydrogen-bond donors (Lipinski definition) is 2. The summed E-state index contributed by atoms with van der Waals surface area (Å²) in [5, 5.41) is 6.93. The molecule has 6 heteroatoms. The molecule has 1 saturated heterocycles. The molecule has 1 aliphatic rings. The van der Waals surface area contributed by atoms with Crippen LogP contribution in [0.25, 0.3) is 0 Å². The number of amides is 1. The molecule has 1 unspecified atom stereocenters. The highest BCUT2D eigenvalue weighted by atomic mass is 35.5. The van der Waals surface area contributed by atoms with Crippen molar-refractivity contribution in [1.29, 1.82) is 0 Å². The van der Waals surface area contributed by atoms with Gasteiger partial charge in [-0.15, -0.1) is 23.7 Å². The van der Waals surface area contributed by atoms with Gasteiger partial charge in [0.25, 0.3) is 0 Å². The maximum absolute atomic E-state index is 12.0. The van der Waals surface area contributed by atoms with Crippen LogP contribution in [0.1, 0.15) is 30.3 Å². The molecule has 4 nitrogen and oxygen atoms in total. The van der Waals surface area contributed by atoms with Gasteiger partial charge in [0.05, 0.1) is 11.6 Å². The fourth-order valence-electron chi connectivity index (χ4n) is 2.09. The Bertz CT molecular complexity index is 402. The SMILES string of the molecule is CCc1nc(NC(=O)C2CCCNC2)sc1C.Cl. The number of rotatable bonds is 3. The summed E-state index contributed by atoms with van der Waals surface area (Å²) in [5.74, 6) is 0.201. The molecular weight excluding hydrogens is 270 g/mol. The van der Waals surface area contributed by atoms with Gasteiger partial charge in [0.1, 0.15) is 0 Å². The second-order valence-electron chi connectivity index (χ2n) is 4.41. The predicted octanol–water partition coefficient (Wildman–Crippen LogP) is 2.37. The van der Waals surface area contributed by atoms with Crippen LogP contribution in [0.5, 0.6) is 0 Å². The van der Waals surface area contributed by atoms with Gasteiger partial charge in [-0.25, -0.2) is 4.98 Å². The number of carbonyl (C=O) groups is 1. The molecule has 0 bridgehead atoms. The van der Waals surface area contributed by atoms with Crippen molar-refractivity contribution in [2.75, 3.05) is 18.4 Å². The van der Waals surface area contributed by atoms with Crippen molar-refractivity contribution >= 4 is 34.8 Å². The van der Waals surface area contributed by atoms with E-state index in [0.717, 1.165) is 43.2 Å². The topological polar surface area (TPSA) is 54.0 Å². The van der Waals surface area contributed by atoms with Gasteiger partial charge in [0.2, 0.25) is 5.91 Å². The number of nitrogens with zero attached hydrogens (tertiary/aromatic N) is 1. The zero-order valence-electron chi connectivity index (χ0n) is 10.8. The van der Waals surface area contributed by atoms with E-state index < -0.39 is 0 Å². The predicted molar refractivity (Wildman–Crippen MR) is 77.7 cm³/mol. The fraction of sp³-hybridized carbons (Fsp3) is 0.667. The molecule has 1 aromatic rings. The molecular formula is C12H20ClN3OS. The number of halogens is 1. The van der Waals surface area contributed by atoms with Gasteiger partial charge in [0.15, 0.2) is 5.13 Å². The van der Waals surface area contributed by atoms with Crippen molar-refractivity contribution < 1.29 is 4.79 Å². The van der Waals surface area contributed by atoms with E-state index in [1.807, 2.05) is 6.92 Å². The van der Waals surface area contributed by atoms with E-state index in [-0.39, 0.29) is 24.2 Å². The Hall–Kier alpha value is -0.650. The lowest BCUT2D eigenvalue weighted by atomic mass is 9.99. The molecule has 1 fully saturated rings. The van der Waals surface area contributed by atoms with Crippen LogP contribution in [-0.2, 0) is 11.2 Å². The fourth-order valence-corrected chi connectivity index (χ4v) is 3.00. The Kier molecular flexibility index (Phi) is 6.05. The van der Waals surface area contributed by atoms with Crippen molar-refractivity contribution in [3.63, 3.8) is 0 Å². The average Bonchev–Trinajstić information content (AvgIpc) is 2.70. The molecule has 2 N–H and O–H groups in total. The van der Waals surface area contributed by atoms with Crippen LogP contribution in [0.15, 0.2) is 0 Å². The number of piperidine rings is 1. The lowest BCUT2D eigenvalue weighted by molar-refractivity contribution is -0.120. The summed E-state index contributed by atoms with van der Waals surface area (Å²) < 4.78 is 0. The van der Waals surface area contributed by atoms with Gasteiger partial charge in [-0.05, 0) is 32.7 Å². The van der Waals surface area contributed by atoms with Gasteiger partial charge >= 0.3 is 0 Å². The van der Waals surface area contributed by atoms with Crippen molar-refractivity contribution in [2.24, 2.45) is 5.92 Å². The van der Waals surface area contributed by atoms with Crippen LogP contribution < -0.4 is 10.6 Å². The number of carbonyl (C=O) groups excluding carboxylic acids is 1. The molecule has 1 amide bonds. The highest BCUT2D eigenvalue weighted by Crippen LogP contribution is 2.23. The lowest BCUT2D eigenvalue weighted by Gasteiger charge is -2.21. The van der Waals surface area contributed by atoms with Gasteiger partial charge in [0, 0.05) is 11.4 Å². The zero-order valence-corrected chi connectivity index (χ0v) is 12.4. The van der Waals surface area contributed by atoms with Crippen LogP contribution in [0.4, 0.5) is 5.13 Å². The molecule has 1 atom stereocenters. The summed E-state index contributed by atoms with van der Waals surface area (Å²) in [5.41, 5.74) is 1.09. The largest absolute Gasteiger partial charge is 0.316 e. The van der Waals surface area contributed by atoms with Gasteiger partial charge in [-0.3, -0.25) is 4.79 Å². The second kappa shape index (κ2) is 7.07. The first-order valence-electron chi connectivity index (χ1n) is 6.18. The number of aromatic nitrogens is 1. The molecule has 0 spiro atoms. The first kappa shape index (κ1) is 15.4. The standard InChI is InChI=1S/C12H19N3OS.ClH/c1-3-10-8(2)17-12(14-10)15-11(16)9-5-4-6-13-7-9;/h9,13H,3-7H2,1-2H3,(H,14,15,16);1H. The Morgan fingerprint density at radius 2 is 2.39 bits per heavy atom. The molecule has 18 heavy (non-hydrogen) atoms. The second-order valence-corrected chi connectivity index (χ2v) is 5.61. The van der Waals surface area contributed by atoms with Crippen molar-refractivity contribution in [3.05, 3.63) is 10.6 Å². The average molecular weight is 290 g/mol. The van der Waals surface area contributed by atoms with E-state index in [1.165, 1.54) is 4.88 Å². The minimum atomic E-state index is 0. The molecule has 0 saturated carbocycles. The summed E-state index contributed by atoms with van der Waals surface area (Å²) in [7, 11) is 0. The first-order valence-corrected chi connectivity index (χ1v) is 7.00. The number of nitrogens with one attached hydrogen (secondary N) is 2. The summed E-state index contributed by atoms with van der Waals surface area (Å²) in [6, 6.07) is 0. The van der Waals surface area contributed by atoms with E-state index >= 15 is 0 Å². The highest BCUT2D eigenvalue weighted by molar-refractivity contribution is 7.15. The molecule has 0 aliphatic carbocycles. The van der Waals surface area contributed by atoms with Crippen molar-refractivity contribution in [3.8, 4) is 0 Å². The number of thiazole rings is 1. The Morgan fingerprint density at radius 1 is 1.61 bits per heavy atom. The summed E-state index contributed by atoms with van der Waals surface area (Å²) >= 11 is 1.57. The van der Waals surface area contributed by atoms with E-state index in [0.29, 0.717) is 0 Å².